The number of hydrogen-bond acceptors (Lipinski definition) is 1. The predicted molar refractivity (Wildman–Crippen MR) is 84.4 cm³/mol. The molecule has 1 saturated carbocycles. The molecule has 2 rings (SSSR count). The van der Waals surface area contributed by atoms with Crippen LogP contribution in [0.4, 0.5) is 0 Å². The molecule has 0 spiro atoms. The van der Waals surface area contributed by atoms with Crippen LogP contribution in [0.25, 0.3) is 0 Å². The largest absolute Gasteiger partial charge is 0.306 e. The van der Waals surface area contributed by atoms with E-state index in [1.165, 1.54) is 64.5 Å². The SMILES string of the molecule is CCCCCCC(C)(CC)C1C[C@@H]2CN(C)C[C@@H]2C1. The smallest absolute Gasteiger partial charge is 0.000996 e. The van der Waals surface area contributed by atoms with Gasteiger partial charge in [0.2, 0.25) is 0 Å². The second kappa shape index (κ2) is 6.61. The van der Waals surface area contributed by atoms with Gasteiger partial charge in [-0.3, -0.25) is 0 Å². The first-order chi connectivity index (χ1) is 9.09. The van der Waals surface area contributed by atoms with Crippen molar-refractivity contribution in [3.8, 4) is 0 Å². The van der Waals surface area contributed by atoms with Crippen LogP contribution in [0.3, 0.4) is 0 Å². The van der Waals surface area contributed by atoms with Crippen molar-refractivity contribution in [2.24, 2.45) is 23.2 Å². The second-order valence-corrected chi connectivity index (χ2v) is 7.73. The summed E-state index contributed by atoms with van der Waals surface area (Å²) in [5, 5.41) is 0. The fraction of sp³-hybridized carbons (Fsp3) is 1.00. The van der Waals surface area contributed by atoms with Gasteiger partial charge in [-0.2, -0.15) is 0 Å². The van der Waals surface area contributed by atoms with E-state index in [0.29, 0.717) is 5.41 Å². The van der Waals surface area contributed by atoms with Crippen LogP contribution in [0.1, 0.15) is 72.1 Å². The third-order valence-corrected chi connectivity index (χ3v) is 6.33. The molecule has 2 unspecified atom stereocenters. The number of unbranched alkanes of at least 4 members (excludes halogenated alkanes) is 3. The molecule has 112 valence electrons. The van der Waals surface area contributed by atoms with E-state index in [-0.39, 0.29) is 0 Å². The highest BCUT2D eigenvalue weighted by atomic mass is 15.1. The zero-order valence-corrected chi connectivity index (χ0v) is 13.8. The van der Waals surface area contributed by atoms with E-state index in [2.05, 4.69) is 32.7 Å². The molecule has 1 aliphatic carbocycles. The van der Waals surface area contributed by atoms with Crippen LogP contribution in [-0.4, -0.2) is 25.0 Å². The summed E-state index contributed by atoms with van der Waals surface area (Å²) in [6.07, 6.45) is 11.6. The molecular weight excluding hydrogens is 230 g/mol. The maximum absolute atomic E-state index is 2.59. The molecule has 1 aliphatic heterocycles. The Morgan fingerprint density at radius 1 is 1.00 bits per heavy atom. The Balaban J connectivity index is 1.84. The highest BCUT2D eigenvalue weighted by molar-refractivity contribution is 4.96. The molecule has 19 heavy (non-hydrogen) atoms. The van der Waals surface area contributed by atoms with Crippen molar-refractivity contribution in [1.82, 2.24) is 4.90 Å². The molecule has 0 aromatic heterocycles. The summed E-state index contributed by atoms with van der Waals surface area (Å²) >= 11 is 0. The Kier molecular flexibility index (Phi) is 5.34. The van der Waals surface area contributed by atoms with Gasteiger partial charge in [-0.1, -0.05) is 52.9 Å². The van der Waals surface area contributed by atoms with Gasteiger partial charge in [0.15, 0.2) is 0 Å². The molecule has 2 fully saturated rings. The summed E-state index contributed by atoms with van der Waals surface area (Å²) in [7, 11) is 2.30. The minimum Gasteiger partial charge on any atom is -0.306 e. The van der Waals surface area contributed by atoms with Gasteiger partial charge in [-0.25, -0.2) is 0 Å². The van der Waals surface area contributed by atoms with E-state index in [1.54, 1.807) is 0 Å². The van der Waals surface area contributed by atoms with Crippen LogP contribution >= 0.6 is 0 Å². The van der Waals surface area contributed by atoms with Crippen molar-refractivity contribution in [2.45, 2.75) is 72.1 Å². The summed E-state index contributed by atoms with van der Waals surface area (Å²) < 4.78 is 0. The Labute approximate surface area is 121 Å². The first-order valence-corrected chi connectivity index (χ1v) is 8.77. The molecule has 0 radical (unpaired) electrons. The number of hydrogen-bond donors (Lipinski definition) is 0. The summed E-state index contributed by atoms with van der Waals surface area (Å²) in [6.45, 7) is 10.1. The lowest BCUT2D eigenvalue weighted by molar-refractivity contribution is 0.145. The minimum absolute atomic E-state index is 0.636. The standard InChI is InChI=1S/C18H35N/c1-5-7-8-9-10-18(3,6-2)17-11-15-13-19(4)14-16(15)12-17/h15-17H,5-14H2,1-4H3/t15-,16+,17?,18?. The normalized spacial score (nSPS) is 34.4. The van der Waals surface area contributed by atoms with Crippen LogP contribution in [0.2, 0.25) is 0 Å². The molecule has 0 bridgehead atoms. The van der Waals surface area contributed by atoms with E-state index in [1.807, 2.05) is 0 Å². The molecule has 4 atom stereocenters. The van der Waals surface area contributed by atoms with Gasteiger partial charge in [0.1, 0.15) is 0 Å². The van der Waals surface area contributed by atoms with Crippen LogP contribution in [0.5, 0.6) is 0 Å². The molecular formula is C18H35N. The Morgan fingerprint density at radius 2 is 1.63 bits per heavy atom. The third-order valence-electron chi connectivity index (χ3n) is 6.33. The molecule has 0 aromatic rings. The van der Waals surface area contributed by atoms with Crippen molar-refractivity contribution in [1.29, 1.82) is 0 Å². The van der Waals surface area contributed by atoms with Crippen LogP contribution in [-0.2, 0) is 0 Å². The highest BCUT2D eigenvalue weighted by Gasteiger charge is 2.45. The zero-order valence-electron chi connectivity index (χ0n) is 13.8. The van der Waals surface area contributed by atoms with E-state index in [4.69, 9.17) is 0 Å². The zero-order chi connectivity index (χ0) is 13.9. The second-order valence-electron chi connectivity index (χ2n) is 7.73. The average Bonchev–Trinajstić information content (AvgIpc) is 2.91. The van der Waals surface area contributed by atoms with Crippen molar-refractivity contribution in [2.75, 3.05) is 20.1 Å². The van der Waals surface area contributed by atoms with E-state index >= 15 is 0 Å². The van der Waals surface area contributed by atoms with Crippen molar-refractivity contribution in [3.05, 3.63) is 0 Å². The van der Waals surface area contributed by atoms with Gasteiger partial charge in [0.25, 0.3) is 0 Å². The number of nitrogens with zero attached hydrogens (tertiary/aromatic N) is 1. The fourth-order valence-electron chi connectivity index (χ4n) is 4.73. The first kappa shape index (κ1) is 15.4. The molecule has 1 saturated heterocycles. The van der Waals surface area contributed by atoms with Crippen molar-refractivity contribution >= 4 is 0 Å². The average molecular weight is 265 g/mol. The fourth-order valence-corrected chi connectivity index (χ4v) is 4.73. The molecule has 1 heterocycles. The molecule has 0 aromatic carbocycles. The van der Waals surface area contributed by atoms with E-state index in [0.717, 1.165) is 17.8 Å². The summed E-state index contributed by atoms with van der Waals surface area (Å²) in [5.41, 5.74) is 0.636. The van der Waals surface area contributed by atoms with Gasteiger partial charge in [0, 0.05) is 13.1 Å². The van der Waals surface area contributed by atoms with Gasteiger partial charge >= 0.3 is 0 Å². The number of likely N-dealkylation sites (tertiary alicyclic amines) is 1. The first-order valence-electron chi connectivity index (χ1n) is 8.77. The Hall–Kier alpha value is -0.0400. The third kappa shape index (κ3) is 3.54. The van der Waals surface area contributed by atoms with E-state index < -0.39 is 0 Å². The van der Waals surface area contributed by atoms with Crippen LogP contribution in [0.15, 0.2) is 0 Å². The predicted octanol–water partition coefficient (Wildman–Crippen LogP) is 4.96. The monoisotopic (exact) mass is 265 g/mol. The summed E-state index contributed by atoms with van der Waals surface area (Å²) in [5.74, 6) is 3.07. The Bertz CT molecular complexity index is 261. The molecule has 1 heteroatoms. The lowest BCUT2D eigenvalue weighted by Crippen LogP contribution is -2.27. The van der Waals surface area contributed by atoms with Gasteiger partial charge < -0.3 is 4.90 Å². The summed E-state index contributed by atoms with van der Waals surface area (Å²) in [6, 6.07) is 0. The maximum atomic E-state index is 2.59. The molecule has 1 nitrogen and oxygen atoms in total. The molecule has 2 aliphatic rings. The van der Waals surface area contributed by atoms with E-state index in [9.17, 15) is 0 Å². The van der Waals surface area contributed by atoms with Crippen molar-refractivity contribution < 1.29 is 0 Å². The van der Waals surface area contributed by atoms with Gasteiger partial charge in [-0.05, 0) is 49.5 Å². The van der Waals surface area contributed by atoms with Gasteiger partial charge in [0.05, 0.1) is 0 Å². The quantitative estimate of drug-likeness (QED) is 0.588. The van der Waals surface area contributed by atoms with Crippen LogP contribution < -0.4 is 0 Å². The topological polar surface area (TPSA) is 3.24 Å². The highest BCUT2D eigenvalue weighted by Crippen LogP contribution is 2.51. The Morgan fingerprint density at radius 3 is 2.16 bits per heavy atom. The molecule has 0 amide bonds. The lowest BCUT2D eigenvalue weighted by Gasteiger charge is -2.36. The lowest BCUT2D eigenvalue weighted by atomic mass is 9.70. The summed E-state index contributed by atoms with van der Waals surface area (Å²) in [4.78, 5) is 2.55. The molecule has 0 N–H and O–H groups in total. The minimum atomic E-state index is 0.636. The number of rotatable bonds is 7. The van der Waals surface area contributed by atoms with Crippen molar-refractivity contribution in [3.63, 3.8) is 0 Å². The number of fused-ring (bicyclic) bond motifs is 1. The maximum Gasteiger partial charge on any atom is 0.000996 e. The van der Waals surface area contributed by atoms with Crippen LogP contribution in [0, 0.1) is 23.2 Å². The van der Waals surface area contributed by atoms with Gasteiger partial charge in [-0.15, -0.1) is 0 Å².